The summed E-state index contributed by atoms with van der Waals surface area (Å²) in [5.74, 6) is 1.33. The topological polar surface area (TPSA) is 50.8 Å². The summed E-state index contributed by atoms with van der Waals surface area (Å²) in [5, 5.41) is 2.91. The van der Waals surface area contributed by atoms with E-state index in [1.807, 2.05) is 24.1 Å². The van der Waals surface area contributed by atoms with Crippen molar-refractivity contribution in [2.75, 3.05) is 38.4 Å². The molecule has 0 fully saturated rings. The van der Waals surface area contributed by atoms with Gasteiger partial charge >= 0.3 is 0 Å². The summed E-state index contributed by atoms with van der Waals surface area (Å²) in [6, 6.07) is 13.8. The SMILES string of the molecule is CSc1ccc(CN(C)CC(=O)Nc2ccc3c(c2)OCCO3)cc1. The molecule has 1 aliphatic rings. The van der Waals surface area contributed by atoms with E-state index in [1.165, 1.54) is 10.5 Å². The van der Waals surface area contributed by atoms with Gasteiger partial charge in [0.15, 0.2) is 11.5 Å². The van der Waals surface area contributed by atoms with Crippen molar-refractivity contribution in [3.63, 3.8) is 0 Å². The van der Waals surface area contributed by atoms with E-state index in [9.17, 15) is 4.79 Å². The molecule has 0 spiro atoms. The quantitative estimate of drug-likeness (QED) is 0.804. The van der Waals surface area contributed by atoms with Crippen molar-refractivity contribution in [3.8, 4) is 11.5 Å². The van der Waals surface area contributed by atoms with Crippen molar-refractivity contribution >= 4 is 23.4 Å². The highest BCUT2D eigenvalue weighted by molar-refractivity contribution is 7.98. The van der Waals surface area contributed by atoms with E-state index in [4.69, 9.17) is 9.47 Å². The minimum atomic E-state index is -0.0556. The Morgan fingerprint density at radius 1 is 1.12 bits per heavy atom. The van der Waals surface area contributed by atoms with Gasteiger partial charge in [0.1, 0.15) is 13.2 Å². The number of hydrogen-bond donors (Lipinski definition) is 1. The molecule has 0 saturated carbocycles. The third-order valence-electron chi connectivity index (χ3n) is 3.85. The van der Waals surface area contributed by atoms with Crippen LogP contribution in [0.1, 0.15) is 5.56 Å². The van der Waals surface area contributed by atoms with Crippen molar-refractivity contribution < 1.29 is 14.3 Å². The Balaban J connectivity index is 1.52. The summed E-state index contributed by atoms with van der Waals surface area (Å²) in [6.07, 6.45) is 2.06. The predicted molar refractivity (Wildman–Crippen MR) is 101 cm³/mol. The molecule has 6 heteroatoms. The predicted octanol–water partition coefficient (Wildman–Crippen LogP) is 3.25. The number of thioether (sulfide) groups is 1. The standard InChI is InChI=1S/C19H22N2O3S/c1-21(12-14-3-6-16(25-2)7-4-14)13-19(22)20-15-5-8-17-18(11-15)24-10-9-23-17/h3-8,11H,9-10,12-13H2,1-2H3,(H,20,22). The van der Waals surface area contributed by atoms with E-state index >= 15 is 0 Å². The smallest absolute Gasteiger partial charge is 0.238 e. The summed E-state index contributed by atoms with van der Waals surface area (Å²) in [7, 11) is 1.94. The average Bonchev–Trinajstić information content (AvgIpc) is 2.62. The van der Waals surface area contributed by atoms with Crippen LogP contribution in [-0.2, 0) is 11.3 Å². The summed E-state index contributed by atoms with van der Waals surface area (Å²) >= 11 is 1.72. The maximum absolute atomic E-state index is 12.3. The number of amides is 1. The number of benzene rings is 2. The Hall–Kier alpha value is -2.18. The van der Waals surface area contributed by atoms with Crippen LogP contribution in [0.15, 0.2) is 47.4 Å². The Morgan fingerprint density at radius 2 is 1.84 bits per heavy atom. The molecule has 1 aliphatic heterocycles. The number of likely N-dealkylation sites (N-methyl/N-ethyl adjacent to an activating group) is 1. The minimum absolute atomic E-state index is 0.0556. The number of rotatable bonds is 6. The first-order chi connectivity index (χ1) is 12.1. The van der Waals surface area contributed by atoms with Gasteiger partial charge in [0.05, 0.1) is 6.54 Å². The van der Waals surface area contributed by atoms with Gasteiger partial charge in [-0.2, -0.15) is 0 Å². The van der Waals surface area contributed by atoms with Gasteiger partial charge in [0.2, 0.25) is 5.91 Å². The molecular formula is C19H22N2O3S. The second-order valence-corrected chi connectivity index (χ2v) is 6.81. The molecule has 0 aromatic heterocycles. The lowest BCUT2D eigenvalue weighted by molar-refractivity contribution is -0.117. The van der Waals surface area contributed by atoms with E-state index in [0.717, 1.165) is 12.3 Å². The number of carbonyl (C=O) groups is 1. The summed E-state index contributed by atoms with van der Waals surface area (Å²) in [6.45, 7) is 2.13. The third kappa shape index (κ3) is 4.90. The first-order valence-electron chi connectivity index (χ1n) is 8.15. The van der Waals surface area contributed by atoms with E-state index < -0.39 is 0 Å². The van der Waals surface area contributed by atoms with Crippen LogP contribution in [0.3, 0.4) is 0 Å². The third-order valence-corrected chi connectivity index (χ3v) is 4.59. The zero-order valence-corrected chi connectivity index (χ0v) is 15.3. The molecule has 0 bridgehead atoms. The number of anilines is 1. The van der Waals surface area contributed by atoms with Crippen molar-refractivity contribution in [2.24, 2.45) is 0 Å². The lowest BCUT2D eigenvalue weighted by Gasteiger charge is -2.20. The van der Waals surface area contributed by atoms with Crippen LogP contribution < -0.4 is 14.8 Å². The highest BCUT2D eigenvalue weighted by Gasteiger charge is 2.13. The zero-order chi connectivity index (χ0) is 17.6. The van der Waals surface area contributed by atoms with Gasteiger partial charge in [-0.3, -0.25) is 9.69 Å². The summed E-state index contributed by atoms with van der Waals surface area (Å²) in [4.78, 5) is 15.5. The molecule has 25 heavy (non-hydrogen) atoms. The number of hydrogen-bond acceptors (Lipinski definition) is 5. The lowest BCUT2D eigenvalue weighted by Crippen LogP contribution is -2.29. The van der Waals surface area contributed by atoms with Crippen LogP contribution in [0.5, 0.6) is 11.5 Å². The molecule has 0 radical (unpaired) electrons. The Labute approximate surface area is 152 Å². The van der Waals surface area contributed by atoms with Crippen molar-refractivity contribution in [1.29, 1.82) is 0 Å². The normalized spacial score (nSPS) is 12.9. The zero-order valence-electron chi connectivity index (χ0n) is 14.5. The van der Waals surface area contributed by atoms with E-state index in [-0.39, 0.29) is 5.91 Å². The van der Waals surface area contributed by atoms with Crippen molar-refractivity contribution in [1.82, 2.24) is 4.90 Å². The minimum Gasteiger partial charge on any atom is -0.486 e. The second-order valence-electron chi connectivity index (χ2n) is 5.93. The van der Waals surface area contributed by atoms with Gasteiger partial charge in [-0.15, -0.1) is 11.8 Å². The molecule has 1 amide bonds. The molecule has 3 rings (SSSR count). The van der Waals surface area contributed by atoms with Gasteiger partial charge in [-0.1, -0.05) is 12.1 Å². The number of fused-ring (bicyclic) bond motifs is 1. The summed E-state index contributed by atoms with van der Waals surface area (Å²) < 4.78 is 11.0. The summed E-state index contributed by atoms with van der Waals surface area (Å²) in [5.41, 5.74) is 1.90. The molecule has 0 aliphatic carbocycles. The fraction of sp³-hybridized carbons (Fsp3) is 0.316. The molecule has 2 aromatic carbocycles. The fourth-order valence-electron chi connectivity index (χ4n) is 2.67. The largest absolute Gasteiger partial charge is 0.486 e. The number of nitrogens with one attached hydrogen (secondary N) is 1. The Bertz CT molecular complexity index is 734. The first-order valence-corrected chi connectivity index (χ1v) is 9.37. The monoisotopic (exact) mass is 358 g/mol. The molecule has 0 unspecified atom stereocenters. The first kappa shape index (κ1) is 17.6. The van der Waals surface area contributed by atoms with Crippen LogP contribution >= 0.6 is 11.8 Å². The molecule has 5 nitrogen and oxygen atoms in total. The number of ether oxygens (including phenoxy) is 2. The van der Waals surface area contributed by atoms with Crippen LogP contribution in [0.25, 0.3) is 0 Å². The highest BCUT2D eigenvalue weighted by Crippen LogP contribution is 2.32. The molecule has 1 heterocycles. The number of nitrogens with zero attached hydrogens (tertiary/aromatic N) is 1. The molecule has 0 saturated heterocycles. The van der Waals surface area contributed by atoms with Gasteiger partial charge in [0.25, 0.3) is 0 Å². The van der Waals surface area contributed by atoms with Crippen molar-refractivity contribution in [3.05, 3.63) is 48.0 Å². The fourth-order valence-corrected chi connectivity index (χ4v) is 3.07. The average molecular weight is 358 g/mol. The maximum Gasteiger partial charge on any atom is 0.238 e. The van der Waals surface area contributed by atoms with Crippen LogP contribution in [0, 0.1) is 0 Å². The van der Waals surface area contributed by atoms with Crippen molar-refractivity contribution in [2.45, 2.75) is 11.4 Å². The second kappa shape index (κ2) is 8.27. The molecule has 0 atom stereocenters. The van der Waals surface area contributed by atoms with Gasteiger partial charge in [-0.25, -0.2) is 0 Å². The van der Waals surface area contributed by atoms with Crippen LogP contribution in [0.2, 0.25) is 0 Å². The van der Waals surface area contributed by atoms with Crippen LogP contribution in [0.4, 0.5) is 5.69 Å². The maximum atomic E-state index is 12.3. The molecular weight excluding hydrogens is 336 g/mol. The van der Waals surface area contributed by atoms with Crippen LogP contribution in [-0.4, -0.2) is 43.9 Å². The van der Waals surface area contributed by atoms with Gasteiger partial charge < -0.3 is 14.8 Å². The molecule has 1 N–H and O–H groups in total. The Morgan fingerprint density at radius 3 is 2.56 bits per heavy atom. The van der Waals surface area contributed by atoms with E-state index in [1.54, 1.807) is 17.8 Å². The van der Waals surface area contributed by atoms with Gasteiger partial charge in [-0.05, 0) is 43.1 Å². The molecule has 2 aromatic rings. The lowest BCUT2D eigenvalue weighted by atomic mass is 10.2. The van der Waals surface area contributed by atoms with E-state index in [2.05, 4.69) is 35.8 Å². The van der Waals surface area contributed by atoms with E-state index in [0.29, 0.717) is 31.2 Å². The van der Waals surface area contributed by atoms with Gasteiger partial charge in [0, 0.05) is 23.2 Å². The highest BCUT2D eigenvalue weighted by atomic mass is 32.2. The molecule has 132 valence electrons. The Kier molecular flexibility index (Phi) is 5.83. The number of carbonyl (C=O) groups excluding carboxylic acids is 1.